The molecule has 0 heterocycles. The summed E-state index contributed by atoms with van der Waals surface area (Å²) >= 11 is 0. The average Bonchev–Trinajstić information content (AvgIpc) is 2.36. The van der Waals surface area contributed by atoms with E-state index >= 15 is 0 Å². The molecule has 2 rings (SSSR count). The van der Waals surface area contributed by atoms with Gasteiger partial charge in [-0.2, -0.15) is 5.26 Å². The summed E-state index contributed by atoms with van der Waals surface area (Å²) < 4.78 is 26.5. The molecule has 20 heavy (non-hydrogen) atoms. The van der Waals surface area contributed by atoms with Crippen LogP contribution in [0.25, 0.3) is 11.1 Å². The average molecular weight is 273 g/mol. The lowest BCUT2D eigenvalue weighted by Gasteiger charge is -2.08. The van der Waals surface area contributed by atoms with E-state index in [1.54, 1.807) is 6.07 Å². The quantitative estimate of drug-likeness (QED) is 0.934. The fraction of sp³-hybridized carbons (Fsp3) is 0.0667. The Labute approximate surface area is 113 Å². The second-order valence-corrected chi connectivity index (χ2v) is 4.18. The SMILES string of the molecule is N#Cc1c(CC(=O)O)cccc1-c1cc(F)cc(F)c1. The number of carboxylic acids is 1. The highest BCUT2D eigenvalue weighted by Crippen LogP contribution is 2.27. The number of hydrogen-bond donors (Lipinski definition) is 1. The van der Waals surface area contributed by atoms with Crippen LogP contribution in [0, 0.1) is 23.0 Å². The van der Waals surface area contributed by atoms with E-state index in [1.165, 1.54) is 12.1 Å². The molecule has 0 saturated heterocycles. The molecule has 0 atom stereocenters. The molecule has 0 radical (unpaired) electrons. The minimum Gasteiger partial charge on any atom is -0.481 e. The number of nitrogens with zero attached hydrogens (tertiary/aromatic N) is 1. The predicted molar refractivity (Wildman–Crippen MR) is 67.8 cm³/mol. The monoisotopic (exact) mass is 273 g/mol. The van der Waals surface area contributed by atoms with Crippen LogP contribution in [0.5, 0.6) is 0 Å². The smallest absolute Gasteiger partial charge is 0.307 e. The fourth-order valence-corrected chi connectivity index (χ4v) is 1.99. The van der Waals surface area contributed by atoms with Gasteiger partial charge in [0.1, 0.15) is 17.7 Å². The van der Waals surface area contributed by atoms with Crippen LogP contribution >= 0.6 is 0 Å². The molecule has 0 aliphatic carbocycles. The van der Waals surface area contributed by atoms with Crippen LogP contribution in [0.3, 0.4) is 0 Å². The van der Waals surface area contributed by atoms with Gasteiger partial charge in [0.15, 0.2) is 0 Å². The van der Waals surface area contributed by atoms with Crippen molar-refractivity contribution in [2.75, 3.05) is 0 Å². The van der Waals surface area contributed by atoms with Gasteiger partial charge >= 0.3 is 5.97 Å². The van der Waals surface area contributed by atoms with Crippen molar-refractivity contribution in [3.63, 3.8) is 0 Å². The summed E-state index contributed by atoms with van der Waals surface area (Å²) in [5, 5.41) is 18.0. The van der Waals surface area contributed by atoms with Crippen molar-refractivity contribution in [3.8, 4) is 17.2 Å². The van der Waals surface area contributed by atoms with E-state index in [0.717, 1.165) is 18.2 Å². The van der Waals surface area contributed by atoms with Crippen molar-refractivity contribution < 1.29 is 18.7 Å². The van der Waals surface area contributed by atoms with Crippen molar-refractivity contribution >= 4 is 5.97 Å². The van der Waals surface area contributed by atoms with Gasteiger partial charge in [-0.25, -0.2) is 8.78 Å². The molecule has 2 aromatic rings. The van der Waals surface area contributed by atoms with Gasteiger partial charge in [-0.3, -0.25) is 4.79 Å². The number of nitriles is 1. The summed E-state index contributed by atoms with van der Waals surface area (Å²) in [5.41, 5.74) is 0.929. The molecular formula is C15H9F2NO2. The molecule has 0 amide bonds. The van der Waals surface area contributed by atoms with Gasteiger partial charge in [0.05, 0.1) is 12.0 Å². The van der Waals surface area contributed by atoms with Gasteiger partial charge in [-0.05, 0) is 28.8 Å². The van der Waals surface area contributed by atoms with Gasteiger partial charge in [-0.15, -0.1) is 0 Å². The molecule has 0 aliphatic heterocycles. The number of hydrogen-bond acceptors (Lipinski definition) is 2. The lowest BCUT2D eigenvalue weighted by Crippen LogP contribution is -2.03. The van der Waals surface area contributed by atoms with E-state index in [-0.39, 0.29) is 17.5 Å². The summed E-state index contributed by atoms with van der Waals surface area (Å²) in [5.74, 6) is -2.59. The first kappa shape index (κ1) is 13.7. The summed E-state index contributed by atoms with van der Waals surface area (Å²) in [6.07, 6.45) is -0.325. The van der Waals surface area contributed by atoms with E-state index in [0.29, 0.717) is 11.1 Å². The largest absolute Gasteiger partial charge is 0.481 e. The zero-order chi connectivity index (χ0) is 14.7. The Morgan fingerprint density at radius 3 is 2.40 bits per heavy atom. The van der Waals surface area contributed by atoms with Crippen molar-refractivity contribution in [2.45, 2.75) is 6.42 Å². The van der Waals surface area contributed by atoms with Gasteiger partial charge in [0.2, 0.25) is 0 Å². The summed E-state index contributed by atoms with van der Waals surface area (Å²) in [6.45, 7) is 0. The topological polar surface area (TPSA) is 61.1 Å². The van der Waals surface area contributed by atoms with Crippen LogP contribution < -0.4 is 0 Å². The van der Waals surface area contributed by atoms with Crippen molar-refractivity contribution in [1.29, 1.82) is 5.26 Å². The number of aliphatic carboxylic acids is 1. The zero-order valence-electron chi connectivity index (χ0n) is 10.2. The van der Waals surface area contributed by atoms with Gasteiger partial charge in [0, 0.05) is 6.07 Å². The molecule has 5 heteroatoms. The van der Waals surface area contributed by atoms with Crippen LogP contribution in [-0.4, -0.2) is 11.1 Å². The molecule has 0 fully saturated rings. The standard InChI is InChI=1S/C15H9F2NO2/c16-11-4-10(5-12(17)7-11)13-3-1-2-9(6-15(19)20)14(13)8-18/h1-5,7H,6H2,(H,19,20). The molecule has 100 valence electrons. The van der Waals surface area contributed by atoms with Crippen LogP contribution in [0.2, 0.25) is 0 Å². The van der Waals surface area contributed by atoms with Gasteiger partial charge in [-0.1, -0.05) is 18.2 Å². The highest BCUT2D eigenvalue weighted by Gasteiger charge is 2.13. The number of rotatable bonds is 3. The molecule has 0 saturated carbocycles. The molecule has 1 N–H and O–H groups in total. The molecule has 0 bridgehead atoms. The third-order valence-corrected chi connectivity index (χ3v) is 2.78. The van der Waals surface area contributed by atoms with E-state index in [9.17, 15) is 18.8 Å². The highest BCUT2D eigenvalue weighted by molar-refractivity contribution is 5.77. The number of carbonyl (C=O) groups is 1. The lowest BCUT2D eigenvalue weighted by molar-refractivity contribution is -0.136. The van der Waals surface area contributed by atoms with Crippen LogP contribution in [0.15, 0.2) is 36.4 Å². The summed E-state index contributed by atoms with van der Waals surface area (Å²) in [7, 11) is 0. The Bertz CT molecular complexity index is 700. The van der Waals surface area contributed by atoms with Crippen LogP contribution in [0.4, 0.5) is 8.78 Å². The van der Waals surface area contributed by atoms with E-state index in [4.69, 9.17) is 5.11 Å². The third kappa shape index (κ3) is 2.81. The predicted octanol–water partition coefficient (Wildman–Crippen LogP) is 3.13. The number of carboxylic acid groups (broad SMARTS) is 1. The fourth-order valence-electron chi connectivity index (χ4n) is 1.99. The Morgan fingerprint density at radius 1 is 1.20 bits per heavy atom. The molecule has 0 aromatic heterocycles. The van der Waals surface area contributed by atoms with E-state index in [2.05, 4.69) is 0 Å². The first-order valence-electron chi connectivity index (χ1n) is 5.71. The maximum absolute atomic E-state index is 13.2. The maximum atomic E-state index is 13.2. The van der Waals surface area contributed by atoms with Gasteiger partial charge in [0.25, 0.3) is 0 Å². The Morgan fingerprint density at radius 2 is 1.85 bits per heavy atom. The first-order chi connectivity index (χ1) is 9.51. The summed E-state index contributed by atoms with van der Waals surface area (Å²) in [6, 6.07) is 9.42. The number of benzene rings is 2. The Balaban J connectivity index is 2.62. The molecule has 2 aromatic carbocycles. The lowest BCUT2D eigenvalue weighted by atomic mass is 9.94. The maximum Gasteiger partial charge on any atom is 0.307 e. The first-order valence-corrected chi connectivity index (χ1v) is 5.71. The van der Waals surface area contributed by atoms with Crippen LogP contribution in [0.1, 0.15) is 11.1 Å². The van der Waals surface area contributed by atoms with Crippen molar-refractivity contribution in [2.24, 2.45) is 0 Å². The van der Waals surface area contributed by atoms with Crippen LogP contribution in [-0.2, 0) is 11.2 Å². The molecular weight excluding hydrogens is 264 g/mol. The minimum absolute atomic E-state index is 0.111. The highest BCUT2D eigenvalue weighted by atomic mass is 19.1. The molecule has 3 nitrogen and oxygen atoms in total. The Kier molecular flexibility index (Phi) is 3.76. The zero-order valence-corrected chi connectivity index (χ0v) is 10.2. The minimum atomic E-state index is -1.08. The third-order valence-electron chi connectivity index (χ3n) is 2.78. The van der Waals surface area contributed by atoms with E-state index in [1.807, 2.05) is 6.07 Å². The van der Waals surface area contributed by atoms with Crippen molar-refractivity contribution in [1.82, 2.24) is 0 Å². The Hall–Kier alpha value is -2.74. The van der Waals surface area contributed by atoms with Gasteiger partial charge < -0.3 is 5.11 Å². The van der Waals surface area contributed by atoms with E-state index < -0.39 is 17.6 Å². The molecule has 0 spiro atoms. The normalized spacial score (nSPS) is 10.1. The molecule has 0 aliphatic rings. The number of halogens is 2. The second kappa shape index (κ2) is 5.49. The van der Waals surface area contributed by atoms with Crippen molar-refractivity contribution in [3.05, 3.63) is 59.2 Å². The second-order valence-electron chi connectivity index (χ2n) is 4.18. The molecule has 0 unspecified atom stereocenters. The summed E-state index contributed by atoms with van der Waals surface area (Å²) in [4.78, 5) is 10.8.